The Morgan fingerprint density at radius 3 is 3.00 bits per heavy atom. The molecule has 1 unspecified atom stereocenters. The predicted molar refractivity (Wildman–Crippen MR) is 90.1 cm³/mol. The van der Waals surface area contributed by atoms with E-state index in [-0.39, 0.29) is 12.0 Å². The molecule has 2 rings (SSSR count). The van der Waals surface area contributed by atoms with Gasteiger partial charge in [-0.1, -0.05) is 11.6 Å². The first-order chi connectivity index (χ1) is 10.8. The van der Waals surface area contributed by atoms with E-state index in [0.717, 1.165) is 44.9 Å². The van der Waals surface area contributed by atoms with Crippen molar-refractivity contribution in [2.24, 2.45) is 10.4 Å². The number of aliphatic hydroxyl groups is 1. The molecule has 22 heavy (non-hydrogen) atoms. The van der Waals surface area contributed by atoms with Crippen LogP contribution in [0.25, 0.3) is 0 Å². The van der Waals surface area contributed by atoms with Crippen LogP contribution in [0.5, 0.6) is 0 Å². The molecular weight excluding hydrogens is 278 g/mol. The molecule has 0 bridgehead atoms. The zero-order chi connectivity index (χ0) is 15.7. The maximum Gasteiger partial charge on any atom is 0.191 e. The SMILES string of the molecule is CCNC(=NCC1(CCO)CCOC1)NCCC1=CCCC1. The van der Waals surface area contributed by atoms with Gasteiger partial charge in [-0.2, -0.15) is 0 Å². The summed E-state index contributed by atoms with van der Waals surface area (Å²) in [7, 11) is 0. The van der Waals surface area contributed by atoms with E-state index in [1.54, 1.807) is 5.57 Å². The highest BCUT2D eigenvalue weighted by molar-refractivity contribution is 5.79. The van der Waals surface area contributed by atoms with Gasteiger partial charge in [0.1, 0.15) is 0 Å². The van der Waals surface area contributed by atoms with Gasteiger partial charge in [0.2, 0.25) is 0 Å². The quantitative estimate of drug-likeness (QED) is 0.364. The smallest absolute Gasteiger partial charge is 0.191 e. The zero-order valence-corrected chi connectivity index (χ0v) is 13.9. The number of ether oxygens (including phenoxy) is 1. The molecule has 5 heteroatoms. The molecule has 1 aliphatic heterocycles. The van der Waals surface area contributed by atoms with Gasteiger partial charge >= 0.3 is 0 Å². The molecule has 2 aliphatic rings. The first kappa shape index (κ1) is 17.3. The van der Waals surface area contributed by atoms with Crippen LogP contribution in [0, 0.1) is 5.41 Å². The fourth-order valence-electron chi connectivity index (χ4n) is 3.18. The lowest BCUT2D eigenvalue weighted by molar-refractivity contribution is 0.131. The molecule has 3 N–H and O–H groups in total. The van der Waals surface area contributed by atoms with Crippen molar-refractivity contribution < 1.29 is 9.84 Å². The Kier molecular flexibility index (Phi) is 7.19. The minimum atomic E-state index is 0.0189. The van der Waals surface area contributed by atoms with Crippen molar-refractivity contribution in [3.63, 3.8) is 0 Å². The van der Waals surface area contributed by atoms with Gasteiger partial charge in [0.15, 0.2) is 5.96 Å². The fourth-order valence-corrected chi connectivity index (χ4v) is 3.18. The highest BCUT2D eigenvalue weighted by Gasteiger charge is 2.34. The van der Waals surface area contributed by atoms with Crippen molar-refractivity contribution in [3.05, 3.63) is 11.6 Å². The molecule has 0 aromatic heterocycles. The normalized spacial score (nSPS) is 25.4. The number of hydrogen-bond donors (Lipinski definition) is 3. The Morgan fingerprint density at radius 1 is 1.45 bits per heavy atom. The van der Waals surface area contributed by atoms with Crippen molar-refractivity contribution in [1.82, 2.24) is 10.6 Å². The third kappa shape index (κ3) is 5.29. The van der Waals surface area contributed by atoms with E-state index in [0.29, 0.717) is 13.2 Å². The van der Waals surface area contributed by atoms with Gasteiger partial charge in [-0.3, -0.25) is 4.99 Å². The first-order valence-corrected chi connectivity index (χ1v) is 8.67. The van der Waals surface area contributed by atoms with Crippen LogP contribution in [0.3, 0.4) is 0 Å². The van der Waals surface area contributed by atoms with Crippen molar-refractivity contribution in [1.29, 1.82) is 0 Å². The average molecular weight is 309 g/mol. The van der Waals surface area contributed by atoms with Crippen molar-refractivity contribution in [2.45, 2.75) is 45.4 Å². The predicted octanol–water partition coefficient (Wildman–Crippen LogP) is 1.83. The number of nitrogens with one attached hydrogen (secondary N) is 2. The van der Waals surface area contributed by atoms with E-state index >= 15 is 0 Å². The van der Waals surface area contributed by atoms with Crippen molar-refractivity contribution in [3.8, 4) is 0 Å². The summed E-state index contributed by atoms with van der Waals surface area (Å²) in [5, 5.41) is 16.0. The van der Waals surface area contributed by atoms with Crippen LogP contribution in [0.15, 0.2) is 16.6 Å². The van der Waals surface area contributed by atoms with Crippen LogP contribution in [0.1, 0.15) is 45.4 Å². The Morgan fingerprint density at radius 2 is 2.36 bits per heavy atom. The third-order valence-electron chi connectivity index (χ3n) is 4.62. The summed E-state index contributed by atoms with van der Waals surface area (Å²) in [6.07, 6.45) is 9.05. The second-order valence-corrected chi connectivity index (χ2v) is 6.40. The Hall–Kier alpha value is -1.07. The van der Waals surface area contributed by atoms with Gasteiger partial charge in [0.25, 0.3) is 0 Å². The summed E-state index contributed by atoms with van der Waals surface area (Å²) in [6.45, 7) is 6.29. The van der Waals surface area contributed by atoms with Crippen LogP contribution < -0.4 is 10.6 Å². The monoisotopic (exact) mass is 309 g/mol. The number of rotatable bonds is 8. The van der Waals surface area contributed by atoms with E-state index in [4.69, 9.17) is 9.73 Å². The molecule has 0 saturated carbocycles. The molecule has 1 aliphatic carbocycles. The molecule has 1 saturated heterocycles. The van der Waals surface area contributed by atoms with Crippen molar-refractivity contribution in [2.75, 3.05) is 39.5 Å². The second-order valence-electron chi connectivity index (χ2n) is 6.40. The van der Waals surface area contributed by atoms with Crippen LogP contribution >= 0.6 is 0 Å². The van der Waals surface area contributed by atoms with Crippen molar-refractivity contribution >= 4 is 5.96 Å². The number of nitrogens with zero attached hydrogens (tertiary/aromatic N) is 1. The van der Waals surface area contributed by atoms with Crippen LogP contribution in [0.2, 0.25) is 0 Å². The van der Waals surface area contributed by atoms with Gasteiger partial charge in [-0.15, -0.1) is 0 Å². The largest absolute Gasteiger partial charge is 0.396 e. The molecule has 0 spiro atoms. The molecule has 1 heterocycles. The zero-order valence-electron chi connectivity index (χ0n) is 13.9. The maximum absolute atomic E-state index is 9.28. The lowest BCUT2D eigenvalue weighted by Crippen LogP contribution is -2.39. The third-order valence-corrected chi connectivity index (χ3v) is 4.62. The second kappa shape index (κ2) is 9.16. The molecule has 126 valence electrons. The fraction of sp³-hybridized carbons (Fsp3) is 0.824. The van der Waals surface area contributed by atoms with Crippen LogP contribution in [0.4, 0.5) is 0 Å². The molecule has 5 nitrogen and oxygen atoms in total. The summed E-state index contributed by atoms with van der Waals surface area (Å²) in [4.78, 5) is 4.73. The van der Waals surface area contributed by atoms with Gasteiger partial charge in [-0.25, -0.2) is 0 Å². The number of aliphatic imine (C=N–C) groups is 1. The minimum absolute atomic E-state index is 0.0189. The molecule has 0 aromatic rings. The van der Waals surface area contributed by atoms with Crippen LogP contribution in [-0.2, 0) is 4.74 Å². The Bertz CT molecular complexity index is 387. The maximum atomic E-state index is 9.28. The van der Waals surface area contributed by atoms with Gasteiger partial charge in [-0.05, 0) is 45.4 Å². The van der Waals surface area contributed by atoms with Gasteiger partial charge < -0.3 is 20.5 Å². The highest BCUT2D eigenvalue weighted by atomic mass is 16.5. The summed E-state index contributed by atoms with van der Waals surface area (Å²) < 4.78 is 5.53. The van der Waals surface area contributed by atoms with E-state index < -0.39 is 0 Å². The standard InChI is InChI=1S/C17H31N3O2/c1-2-18-16(19-10-7-15-5-3-4-6-15)20-13-17(8-11-21)9-12-22-14-17/h5,21H,2-4,6-14H2,1H3,(H2,18,19,20). The summed E-state index contributed by atoms with van der Waals surface area (Å²) in [6, 6.07) is 0. The summed E-state index contributed by atoms with van der Waals surface area (Å²) >= 11 is 0. The molecular formula is C17H31N3O2. The van der Waals surface area contributed by atoms with E-state index in [1.165, 1.54) is 19.3 Å². The number of allylic oxidation sites excluding steroid dienone is 1. The first-order valence-electron chi connectivity index (χ1n) is 8.67. The number of guanidine groups is 1. The van der Waals surface area contributed by atoms with Gasteiger partial charge in [0, 0.05) is 31.7 Å². The lowest BCUT2D eigenvalue weighted by atomic mass is 9.84. The van der Waals surface area contributed by atoms with Crippen LogP contribution in [-0.4, -0.2) is 50.5 Å². The van der Waals surface area contributed by atoms with E-state index in [1.807, 2.05) is 0 Å². The number of aliphatic hydroxyl groups excluding tert-OH is 1. The van der Waals surface area contributed by atoms with Gasteiger partial charge in [0.05, 0.1) is 13.2 Å². The Labute approximate surface area is 134 Å². The molecule has 0 aromatic carbocycles. The minimum Gasteiger partial charge on any atom is -0.396 e. The topological polar surface area (TPSA) is 65.9 Å². The summed E-state index contributed by atoms with van der Waals surface area (Å²) in [5.74, 6) is 0.880. The molecule has 0 radical (unpaired) electrons. The summed E-state index contributed by atoms with van der Waals surface area (Å²) in [5.41, 5.74) is 1.59. The Balaban J connectivity index is 1.82. The highest BCUT2D eigenvalue weighted by Crippen LogP contribution is 2.32. The molecule has 0 amide bonds. The van der Waals surface area contributed by atoms with E-state index in [2.05, 4.69) is 23.6 Å². The lowest BCUT2D eigenvalue weighted by Gasteiger charge is -2.24. The molecule has 1 fully saturated rings. The average Bonchev–Trinajstić information content (AvgIpc) is 3.17. The number of hydrogen-bond acceptors (Lipinski definition) is 3. The molecule has 1 atom stereocenters. The van der Waals surface area contributed by atoms with E-state index in [9.17, 15) is 5.11 Å².